The maximum absolute atomic E-state index is 13.4. The van der Waals surface area contributed by atoms with Crippen LogP contribution in [0.5, 0.6) is 0 Å². The maximum atomic E-state index is 13.4. The average molecular weight is 265 g/mol. The van der Waals surface area contributed by atoms with Crippen molar-refractivity contribution in [2.75, 3.05) is 6.61 Å². The molecule has 100 valence electrons. The minimum absolute atomic E-state index is 0.0367. The van der Waals surface area contributed by atoms with Crippen LogP contribution in [-0.4, -0.2) is 12.6 Å². The van der Waals surface area contributed by atoms with E-state index in [2.05, 4.69) is 0 Å². The largest absolute Gasteiger partial charge is 0.462 e. The smallest absolute Gasteiger partial charge is 0.348 e. The minimum Gasteiger partial charge on any atom is -0.462 e. The van der Waals surface area contributed by atoms with E-state index in [1.165, 1.54) is 0 Å². The van der Waals surface area contributed by atoms with Gasteiger partial charge in [0.05, 0.1) is 6.61 Å². The van der Waals surface area contributed by atoms with Crippen LogP contribution in [0.2, 0.25) is 0 Å². The molecule has 1 aromatic rings. The van der Waals surface area contributed by atoms with E-state index in [1.54, 1.807) is 6.07 Å². The summed E-state index contributed by atoms with van der Waals surface area (Å²) in [6, 6.07) is 4.53. The van der Waals surface area contributed by atoms with Gasteiger partial charge in [0.15, 0.2) is 0 Å². The van der Waals surface area contributed by atoms with Gasteiger partial charge in [-0.3, -0.25) is 0 Å². The Morgan fingerprint density at radius 2 is 2.21 bits per heavy atom. The maximum Gasteiger partial charge on any atom is 0.348 e. The molecule has 0 saturated heterocycles. The number of esters is 1. The van der Waals surface area contributed by atoms with Crippen molar-refractivity contribution in [1.29, 1.82) is 5.26 Å². The summed E-state index contributed by atoms with van der Waals surface area (Å²) in [5.74, 6) is -2.37. The van der Waals surface area contributed by atoms with Gasteiger partial charge in [-0.15, -0.1) is 0 Å². The predicted octanol–water partition coefficient (Wildman–Crippen LogP) is 3.22. The van der Waals surface area contributed by atoms with Gasteiger partial charge in [-0.05, 0) is 24.6 Å². The zero-order chi connectivity index (χ0) is 14.3. The number of nitriles is 1. The summed E-state index contributed by atoms with van der Waals surface area (Å²) < 4.78 is 30.9. The Bertz CT molecular complexity index is 533. The number of halogens is 2. The lowest BCUT2D eigenvalue weighted by molar-refractivity contribution is -0.138. The van der Waals surface area contributed by atoms with Crippen LogP contribution in [0.4, 0.5) is 8.78 Å². The first-order valence-corrected chi connectivity index (χ1v) is 5.82. The van der Waals surface area contributed by atoms with Gasteiger partial charge >= 0.3 is 5.97 Å². The highest BCUT2D eigenvalue weighted by molar-refractivity contribution is 5.97. The summed E-state index contributed by atoms with van der Waals surface area (Å²) in [6.07, 6.45) is 2.59. The SMILES string of the molecule is CCCCOC(=O)C(C#N)=Cc1ccc(F)cc1F. The molecule has 0 amide bonds. The zero-order valence-corrected chi connectivity index (χ0v) is 10.5. The number of nitrogens with zero attached hydrogens (tertiary/aromatic N) is 1. The van der Waals surface area contributed by atoms with Crippen LogP contribution in [0, 0.1) is 23.0 Å². The number of hydrogen-bond donors (Lipinski definition) is 0. The summed E-state index contributed by atoms with van der Waals surface area (Å²) >= 11 is 0. The van der Waals surface area contributed by atoms with Gasteiger partial charge < -0.3 is 4.74 Å². The van der Waals surface area contributed by atoms with Crippen molar-refractivity contribution < 1.29 is 18.3 Å². The molecule has 3 nitrogen and oxygen atoms in total. The van der Waals surface area contributed by atoms with Crippen LogP contribution in [-0.2, 0) is 9.53 Å². The van der Waals surface area contributed by atoms with Crippen LogP contribution in [0.1, 0.15) is 25.3 Å². The fourth-order valence-electron chi connectivity index (χ4n) is 1.30. The van der Waals surface area contributed by atoms with Crippen molar-refractivity contribution in [3.63, 3.8) is 0 Å². The van der Waals surface area contributed by atoms with Crippen molar-refractivity contribution in [2.24, 2.45) is 0 Å². The van der Waals surface area contributed by atoms with Crippen molar-refractivity contribution >= 4 is 12.0 Å². The highest BCUT2D eigenvalue weighted by atomic mass is 19.1. The van der Waals surface area contributed by atoms with Gasteiger partial charge in [0, 0.05) is 11.6 Å². The number of benzene rings is 1. The summed E-state index contributed by atoms with van der Waals surface area (Å²) in [5, 5.41) is 8.84. The molecule has 0 N–H and O–H groups in total. The Hall–Kier alpha value is -2.22. The van der Waals surface area contributed by atoms with Gasteiger partial charge in [0.1, 0.15) is 23.3 Å². The second kappa shape index (κ2) is 7.27. The molecular weight excluding hydrogens is 252 g/mol. The molecule has 1 rings (SSSR count). The molecule has 0 unspecified atom stereocenters. The van der Waals surface area contributed by atoms with Gasteiger partial charge in [0.2, 0.25) is 0 Å². The first kappa shape index (κ1) is 14.8. The summed E-state index contributed by atoms with van der Waals surface area (Å²) in [4.78, 5) is 11.5. The number of carbonyl (C=O) groups is 1. The van der Waals surface area contributed by atoms with Crippen molar-refractivity contribution in [1.82, 2.24) is 0 Å². The molecule has 1 aromatic carbocycles. The van der Waals surface area contributed by atoms with Gasteiger partial charge in [0.25, 0.3) is 0 Å². The predicted molar refractivity (Wildman–Crippen MR) is 65.8 cm³/mol. The summed E-state index contributed by atoms with van der Waals surface area (Å²) in [6.45, 7) is 2.14. The Labute approximate surface area is 110 Å². The lowest BCUT2D eigenvalue weighted by Gasteiger charge is -2.03. The van der Waals surface area contributed by atoms with E-state index in [1.807, 2.05) is 6.92 Å². The first-order chi connectivity index (χ1) is 9.08. The molecule has 0 fully saturated rings. The van der Waals surface area contributed by atoms with Crippen LogP contribution in [0.3, 0.4) is 0 Å². The third kappa shape index (κ3) is 4.51. The molecule has 0 aliphatic carbocycles. The van der Waals surface area contributed by atoms with Gasteiger partial charge in [-0.1, -0.05) is 13.3 Å². The van der Waals surface area contributed by atoms with Crippen molar-refractivity contribution in [2.45, 2.75) is 19.8 Å². The van der Waals surface area contributed by atoms with E-state index in [9.17, 15) is 13.6 Å². The van der Waals surface area contributed by atoms with E-state index in [0.717, 1.165) is 24.6 Å². The molecule has 0 aromatic heterocycles. The molecule has 5 heteroatoms. The number of unbranched alkanes of at least 4 members (excludes halogenated alkanes) is 1. The van der Waals surface area contributed by atoms with Gasteiger partial charge in [-0.2, -0.15) is 5.26 Å². The highest BCUT2D eigenvalue weighted by Gasteiger charge is 2.12. The number of hydrogen-bond acceptors (Lipinski definition) is 3. The second-order valence-corrected chi connectivity index (χ2v) is 3.83. The molecule has 0 aliphatic heterocycles. The zero-order valence-electron chi connectivity index (χ0n) is 10.5. The average Bonchev–Trinajstić information content (AvgIpc) is 2.38. The monoisotopic (exact) mass is 265 g/mol. The standard InChI is InChI=1S/C14H13F2NO2/c1-2-3-6-19-14(18)11(9-17)7-10-4-5-12(15)8-13(10)16/h4-5,7-8H,2-3,6H2,1H3. The van der Waals surface area contributed by atoms with Crippen LogP contribution in [0.25, 0.3) is 6.08 Å². The highest BCUT2D eigenvalue weighted by Crippen LogP contribution is 2.14. The fraction of sp³-hybridized carbons (Fsp3) is 0.286. The Kier molecular flexibility index (Phi) is 5.68. The van der Waals surface area contributed by atoms with Crippen LogP contribution >= 0.6 is 0 Å². The molecule has 0 heterocycles. The van der Waals surface area contributed by atoms with E-state index >= 15 is 0 Å². The third-order valence-electron chi connectivity index (χ3n) is 2.33. The molecule has 0 spiro atoms. The molecule has 0 bridgehead atoms. The van der Waals surface area contributed by atoms with Crippen LogP contribution in [0.15, 0.2) is 23.8 Å². The topological polar surface area (TPSA) is 50.1 Å². The lowest BCUT2D eigenvalue weighted by Crippen LogP contribution is -2.08. The Morgan fingerprint density at radius 3 is 2.79 bits per heavy atom. The Morgan fingerprint density at radius 1 is 1.47 bits per heavy atom. The van der Waals surface area contributed by atoms with E-state index in [0.29, 0.717) is 12.5 Å². The van der Waals surface area contributed by atoms with Gasteiger partial charge in [-0.25, -0.2) is 13.6 Å². The molecule has 0 aliphatic rings. The normalized spacial score (nSPS) is 10.9. The summed E-state index contributed by atoms with van der Waals surface area (Å²) in [7, 11) is 0. The molecule has 0 radical (unpaired) electrons. The fourth-order valence-corrected chi connectivity index (χ4v) is 1.30. The lowest BCUT2D eigenvalue weighted by atomic mass is 10.1. The van der Waals surface area contributed by atoms with E-state index < -0.39 is 17.6 Å². The first-order valence-electron chi connectivity index (χ1n) is 5.82. The van der Waals surface area contributed by atoms with E-state index in [4.69, 9.17) is 10.00 Å². The van der Waals surface area contributed by atoms with E-state index in [-0.39, 0.29) is 17.7 Å². The number of carbonyl (C=O) groups excluding carboxylic acids is 1. The molecule has 0 atom stereocenters. The van der Waals surface area contributed by atoms with Crippen LogP contribution < -0.4 is 0 Å². The molecule has 0 saturated carbocycles. The molecular formula is C14H13F2NO2. The minimum atomic E-state index is -0.839. The summed E-state index contributed by atoms with van der Waals surface area (Å²) in [5.41, 5.74) is -0.355. The third-order valence-corrected chi connectivity index (χ3v) is 2.33. The van der Waals surface area contributed by atoms with Crippen molar-refractivity contribution in [3.8, 4) is 6.07 Å². The Balaban J connectivity index is 2.87. The quantitative estimate of drug-likeness (QED) is 0.355. The number of rotatable bonds is 5. The molecule has 19 heavy (non-hydrogen) atoms. The number of ether oxygens (including phenoxy) is 1. The van der Waals surface area contributed by atoms with Crippen molar-refractivity contribution in [3.05, 3.63) is 41.0 Å². The second-order valence-electron chi connectivity index (χ2n) is 3.83.